The van der Waals surface area contributed by atoms with Gasteiger partial charge in [0.15, 0.2) is 0 Å². The van der Waals surface area contributed by atoms with Crippen molar-refractivity contribution in [3.8, 4) is 0 Å². The molecule has 1 aromatic rings. The monoisotopic (exact) mass is 144 g/mol. The first-order valence-electron chi connectivity index (χ1n) is 2.85. The second-order valence-electron chi connectivity index (χ2n) is 1.82. The molecule has 0 saturated carbocycles. The van der Waals surface area contributed by atoms with Gasteiger partial charge in [-0.25, -0.2) is 0 Å². The highest BCUT2D eigenvalue weighted by Crippen LogP contribution is 2.16. The van der Waals surface area contributed by atoms with Crippen molar-refractivity contribution in [3.63, 3.8) is 0 Å². The van der Waals surface area contributed by atoms with Crippen LogP contribution in [0.2, 0.25) is 0 Å². The number of aliphatic hydroxyl groups excluding tert-OH is 1. The Bertz CT molecular complexity index is 162. The number of aliphatic hydroxyl groups is 1. The summed E-state index contributed by atoms with van der Waals surface area (Å²) in [5.41, 5.74) is 3.60. The van der Waals surface area contributed by atoms with E-state index in [-0.39, 0.29) is 6.10 Å². The Labute approximate surface area is 57.9 Å². The number of hydrogen-bond acceptors (Lipinski definition) is 2. The average molecular weight is 144 g/mol. The molecule has 0 aliphatic heterocycles. The number of thiophene rings is 1. The maximum atomic E-state index is 9.17. The van der Waals surface area contributed by atoms with Gasteiger partial charge in [0.05, 0.1) is 0 Å². The van der Waals surface area contributed by atoms with Gasteiger partial charge >= 0.3 is 0 Å². The highest BCUT2D eigenvalue weighted by atomic mass is 32.1. The van der Waals surface area contributed by atoms with Gasteiger partial charge in [-0.15, -0.1) is 11.3 Å². The fourth-order valence-electron chi connectivity index (χ4n) is 0.623. The van der Waals surface area contributed by atoms with Crippen LogP contribution < -0.4 is 5.73 Å². The van der Waals surface area contributed by atoms with Gasteiger partial charge in [0.25, 0.3) is 0 Å². The molecule has 0 aromatic carbocycles. The summed E-state index contributed by atoms with van der Waals surface area (Å²) in [5, 5.41) is 11.1. The Morgan fingerprint density at radius 3 is 3.00 bits per heavy atom. The lowest BCUT2D eigenvalue weighted by molar-refractivity contribution is -0.384. The smallest absolute Gasteiger partial charge is 0.137 e. The molecule has 0 fully saturated rings. The standard InChI is InChI=1S/C6H9NOS/c7-4-5(8)6-2-1-3-9-6/h1-3,5,8H,4,7H2/p+1. The minimum absolute atomic E-state index is 0.356. The first kappa shape index (κ1) is 6.74. The van der Waals surface area contributed by atoms with Crippen molar-refractivity contribution >= 4 is 11.3 Å². The van der Waals surface area contributed by atoms with Crippen LogP contribution in [0.3, 0.4) is 0 Å². The van der Waals surface area contributed by atoms with E-state index >= 15 is 0 Å². The molecule has 9 heavy (non-hydrogen) atoms. The van der Waals surface area contributed by atoms with E-state index in [1.54, 1.807) is 11.3 Å². The summed E-state index contributed by atoms with van der Waals surface area (Å²) in [6, 6.07) is 3.85. The molecule has 2 nitrogen and oxygen atoms in total. The highest BCUT2D eigenvalue weighted by molar-refractivity contribution is 7.10. The number of rotatable bonds is 2. The molecule has 1 rings (SSSR count). The van der Waals surface area contributed by atoms with Gasteiger partial charge in [0.2, 0.25) is 0 Å². The highest BCUT2D eigenvalue weighted by Gasteiger charge is 2.05. The predicted molar refractivity (Wildman–Crippen MR) is 37.0 cm³/mol. The van der Waals surface area contributed by atoms with Crippen LogP contribution in [0.5, 0.6) is 0 Å². The third kappa shape index (κ3) is 1.51. The van der Waals surface area contributed by atoms with Gasteiger partial charge in [-0.2, -0.15) is 0 Å². The Morgan fingerprint density at radius 2 is 2.56 bits per heavy atom. The van der Waals surface area contributed by atoms with Crippen LogP contribution in [0, 0.1) is 0 Å². The van der Waals surface area contributed by atoms with Gasteiger partial charge in [-0.3, -0.25) is 0 Å². The Hall–Kier alpha value is -0.380. The molecule has 1 unspecified atom stereocenters. The normalized spacial score (nSPS) is 13.6. The van der Waals surface area contributed by atoms with Crippen LogP contribution in [0.4, 0.5) is 0 Å². The molecule has 0 aliphatic carbocycles. The molecule has 1 atom stereocenters. The van der Waals surface area contributed by atoms with Gasteiger partial charge < -0.3 is 10.8 Å². The fourth-order valence-corrected chi connectivity index (χ4v) is 1.37. The Kier molecular flexibility index (Phi) is 2.22. The molecule has 0 amide bonds. The van der Waals surface area contributed by atoms with Crippen molar-refractivity contribution in [2.75, 3.05) is 6.54 Å². The second kappa shape index (κ2) is 2.96. The minimum atomic E-state index is -0.356. The van der Waals surface area contributed by atoms with Gasteiger partial charge in [-0.1, -0.05) is 6.07 Å². The van der Waals surface area contributed by atoms with Crippen LogP contribution in [-0.4, -0.2) is 11.7 Å². The van der Waals surface area contributed by atoms with Crippen LogP contribution >= 0.6 is 11.3 Å². The lowest BCUT2D eigenvalue weighted by Crippen LogP contribution is -2.52. The van der Waals surface area contributed by atoms with E-state index in [9.17, 15) is 0 Å². The first-order chi connectivity index (χ1) is 4.34. The average Bonchev–Trinajstić information content (AvgIpc) is 2.37. The summed E-state index contributed by atoms with van der Waals surface area (Å²) in [7, 11) is 0. The van der Waals surface area contributed by atoms with E-state index in [1.165, 1.54) is 0 Å². The summed E-state index contributed by atoms with van der Waals surface area (Å²) in [4.78, 5) is 1.00. The van der Waals surface area contributed by atoms with Crippen molar-refractivity contribution in [3.05, 3.63) is 22.4 Å². The minimum Gasteiger partial charge on any atom is -0.382 e. The molecule has 0 radical (unpaired) electrons. The van der Waals surface area contributed by atoms with Crippen LogP contribution in [0.15, 0.2) is 17.5 Å². The predicted octanol–water partition coefficient (Wildman–Crippen LogP) is 0.0234. The number of quaternary nitrogens is 1. The Balaban J connectivity index is 2.65. The topological polar surface area (TPSA) is 47.9 Å². The third-order valence-corrected chi connectivity index (χ3v) is 2.12. The Morgan fingerprint density at radius 1 is 1.78 bits per heavy atom. The van der Waals surface area contributed by atoms with Gasteiger partial charge in [-0.05, 0) is 11.4 Å². The van der Waals surface area contributed by atoms with Crippen LogP contribution in [0.1, 0.15) is 11.0 Å². The van der Waals surface area contributed by atoms with Crippen molar-refractivity contribution < 1.29 is 10.8 Å². The van der Waals surface area contributed by atoms with E-state index in [0.717, 1.165) is 4.88 Å². The second-order valence-corrected chi connectivity index (χ2v) is 2.80. The largest absolute Gasteiger partial charge is 0.382 e. The maximum Gasteiger partial charge on any atom is 0.137 e. The lowest BCUT2D eigenvalue weighted by atomic mass is 10.3. The van der Waals surface area contributed by atoms with E-state index in [1.807, 2.05) is 17.5 Å². The SMILES string of the molecule is [NH3+]CC(O)c1cccs1. The summed E-state index contributed by atoms with van der Waals surface area (Å²) in [6.07, 6.45) is -0.356. The van der Waals surface area contributed by atoms with E-state index < -0.39 is 0 Å². The zero-order chi connectivity index (χ0) is 6.69. The van der Waals surface area contributed by atoms with Gasteiger partial charge in [0.1, 0.15) is 12.6 Å². The molecule has 1 heterocycles. The zero-order valence-electron chi connectivity index (χ0n) is 5.08. The van der Waals surface area contributed by atoms with Crippen LogP contribution in [-0.2, 0) is 0 Å². The van der Waals surface area contributed by atoms with Crippen molar-refractivity contribution in [1.29, 1.82) is 0 Å². The molecular formula is C6H10NOS+. The van der Waals surface area contributed by atoms with Crippen molar-refractivity contribution in [2.24, 2.45) is 0 Å². The molecule has 0 bridgehead atoms. The van der Waals surface area contributed by atoms with E-state index in [4.69, 9.17) is 5.11 Å². The molecule has 50 valence electrons. The summed E-state index contributed by atoms with van der Waals surface area (Å²) < 4.78 is 0. The number of hydrogen-bond donors (Lipinski definition) is 2. The molecular weight excluding hydrogens is 134 g/mol. The molecule has 0 spiro atoms. The summed E-state index contributed by atoms with van der Waals surface area (Å²) in [5.74, 6) is 0. The first-order valence-corrected chi connectivity index (χ1v) is 3.73. The van der Waals surface area contributed by atoms with Crippen molar-refractivity contribution in [1.82, 2.24) is 0 Å². The van der Waals surface area contributed by atoms with Gasteiger partial charge in [0, 0.05) is 4.88 Å². The zero-order valence-corrected chi connectivity index (χ0v) is 5.90. The summed E-state index contributed by atoms with van der Waals surface area (Å²) >= 11 is 1.57. The van der Waals surface area contributed by atoms with E-state index in [0.29, 0.717) is 6.54 Å². The summed E-state index contributed by atoms with van der Waals surface area (Å²) in [6.45, 7) is 0.556. The fraction of sp³-hybridized carbons (Fsp3) is 0.333. The van der Waals surface area contributed by atoms with Crippen LogP contribution in [0.25, 0.3) is 0 Å². The van der Waals surface area contributed by atoms with E-state index in [2.05, 4.69) is 5.73 Å². The molecule has 0 aliphatic rings. The molecule has 3 heteroatoms. The third-order valence-electron chi connectivity index (χ3n) is 1.15. The molecule has 0 saturated heterocycles. The molecule has 1 aromatic heterocycles. The lowest BCUT2D eigenvalue weighted by Gasteiger charge is -1.98. The van der Waals surface area contributed by atoms with Crippen molar-refractivity contribution in [2.45, 2.75) is 6.10 Å². The molecule has 4 N–H and O–H groups in total. The quantitative estimate of drug-likeness (QED) is 0.604. The maximum absolute atomic E-state index is 9.17.